The van der Waals surface area contributed by atoms with Crippen LogP contribution in [0.5, 0.6) is 5.75 Å². The SMILES string of the molecule is CC(Oc1cc(-c2cn[nH]n2)cc(C(F)(F)F)c1)c1ccccc1. The number of hydrogen-bond donors (Lipinski definition) is 1. The Morgan fingerprint density at radius 3 is 2.46 bits per heavy atom. The first kappa shape index (κ1) is 16.0. The predicted molar refractivity (Wildman–Crippen MR) is 82.3 cm³/mol. The van der Waals surface area contributed by atoms with Crippen molar-refractivity contribution >= 4 is 0 Å². The first-order valence-corrected chi connectivity index (χ1v) is 7.23. The van der Waals surface area contributed by atoms with Crippen molar-refractivity contribution < 1.29 is 17.9 Å². The van der Waals surface area contributed by atoms with Crippen LogP contribution in [0.15, 0.2) is 54.7 Å². The van der Waals surface area contributed by atoms with Crippen LogP contribution in [0.4, 0.5) is 13.2 Å². The molecular formula is C17H14F3N3O. The van der Waals surface area contributed by atoms with E-state index in [1.807, 2.05) is 30.3 Å². The van der Waals surface area contributed by atoms with Crippen molar-refractivity contribution in [1.82, 2.24) is 15.4 Å². The molecule has 0 aliphatic heterocycles. The van der Waals surface area contributed by atoms with Gasteiger partial charge in [0.15, 0.2) is 0 Å². The zero-order valence-electron chi connectivity index (χ0n) is 12.7. The van der Waals surface area contributed by atoms with Gasteiger partial charge in [-0.25, -0.2) is 0 Å². The number of ether oxygens (including phenoxy) is 1. The lowest BCUT2D eigenvalue weighted by Crippen LogP contribution is -2.08. The Kier molecular flexibility index (Phi) is 4.24. The van der Waals surface area contributed by atoms with E-state index in [1.54, 1.807) is 6.92 Å². The van der Waals surface area contributed by atoms with Crippen molar-refractivity contribution in [3.05, 3.63) is 65.9 Å². The number of nitrogens with one attached hydrogen (secondary N) is 1. The van der Waals surface area contributed by atoms with E-state index in [-0.39, 0.29) is 17.4 Å². The van der Waals surface area contributed by atoms with Crippen LogP contribution in [0.2, 0.25) is 0 Å². The summed E-state index contributed by atoms with van der Waals surface area (Å²) in [7, 11) is 0. The van der Waals surface area contributed by atoms with Gasteiger partial charge in [-0.15, -0.1) is 0 Å². The highest BCUT2D eigenvalue weighted by Gasteiger charge is 2.32. The molecule has 1 N–H and O–H groups in total. The van der Waals surface area contributed by atoms with Crippen molar-refractivity contribution in [2.24, 2.45) is 0 Å². The molecule has 24 heavy (non-hydrogen) atoms. The lowest BCUT2D eigenvalue weighted by atomic mass is 10.1. The minimum Gasteiger partial charge on any atom is -0.486 e. The average Bonchev–Trinajstić information content (AvgIpc) is 3.09. The highest BCUT2D eigenvalue weighted by molar-refractivity contribution is 5.61. The molecular weight excluding hydrogens is 319 g/mol. The number of benzene rings is 2. The largest absolute Gasteiger partial charge is 0.486 e. The zero-order valence-corrected chi connectivity index (χ0v) is 12.7. The van der Waals surface area contributed by atoms with Gasteiger partial charge in [-0.3, -0.25) is 0 Å². The van der Waals surface area contributed by atoms with Crippen molar-refractivity contribution in [2.75, 3.05) is 0 Å². The van der Waals surface area contributed by atoms with Crippen LogP contribution >= 0.6 is 0 Å². The summed E-state index contributed by atoms with van der Waals surface area (Å²) >= 11 is 0. The second-order valence-electron chi connectivity index (χ2n) is 5.27. The van der Waals surface area contributed by atoms with E-state index in [0.717, 1.165) is 17.7 Å². The summed E-state index contributed by atoms with van der Waals surface area (Å²) in [6, 6.07) is 12.8. The number of aromatic amines is 1. The molecule has 1 heterocycles. The van der Waals surface area contributed by atoms with Crippen LogP contribution in [0.1, 0.15) is 24.2 Å². The fourth-order valence-electron chi connectivity index (χ4n) is 2.32. The summed E-state index contributed by atoms with van der Waals surface area (Å²) in [4.78, 5) is 0. The highest BCUT2D eigenvalue weighted by Crippen LogP contribution is 2.36. The van der Waals surface area contributed by atoms with Crippen molar-refractivity contribution in [1.29, 1.82) is 0 Å². The number of aromatic nitrogens is 3. The molecule has 3 rings (SSSR count). The molecule has 0 bridgehead atoms. The Balaban J connectivity index is 1.96. The van der Waals surface area contributed by atoms with Crippen LogP contribution in [0, 0.1) is 0 Å². The van der Waals surface area contributed by atoms with Crippen molar-refractivity contribution in [3.63, 3.8) is 0 Å². The van der Waals surface area contributed by atoms with E-state index in [2.05, 4.69) is 15.4 Å². The molecule has 3 aromatic rings. The maximum Gasteiger partial charge on any atom is 0.416 e. The van der Waals surface area contributed by atoms with Crippen LogP contribution < -0.4 is 4.74 Å². The van der Waals surface area contributed by atoms with Gasteiger partial charge in [0, 0.05) is 5.56 Å². The fraction of sp³-hybridized carbons (Fsp3) is 0.176. The lowest BCUT2D eigenvalue weighted by molar-refractivity contribution is -0.137. The maximum absolute atomic E-state index is 13.2. The van der Waals surface area contributed by atoms with Crippen LogP contribution in [0.3, 0.4) is 0 Å². The minimum absolute atomic E-state index is 0.124. The molecule has 0 saturated carbocycles. The lowest BCUT2D eigenvalue weighted by Gasteiger charge is -2.17. The summed E-state index contributed by atoms with van der Waals surface area (Å²) in [6.45, 7) is 1.78. The zero-order chi connectivity index (χ0) is 17.2. The van der Waals surface area contributed by atoms with Gasteiger partial charge in [-0.2, -0.15) is 28.6 Å². The van der Waals surface area contributed by atoms with Gasteiger partial charge < -0.3 is 4.74 Å². The molecule has 0 radical (unpaired) electrons. The van der Waals surface area contributed by atoms with E-state index in [1.165, 1.54) is 12.3 Å². The first-order chi connectivity index (χ1) is 11.4. The van der Waals surface area contributed by atoms with E-state index >= 15 is 0 Å². The Labute approximate surface area is 136 Å². The van der Waals surface area contributed by atoms with Gasteiger partial charge in [0.25, 0.3) is 0 Å². The van der Waals surface area contributed by atoms with E-state index in [4.69, 9.17) is 4.74 Å². The van der Waals surface area contributed by atoms with Gasteiger partial charge >= 0.3 is 6.18 Å². The molecule has 0 aliphatic carbocycles. The van der Waals surface area contributed by atoms with Gasteiger partial charge in [-0.1, -0.05) is 30.3 Å². The third kappa shape index (κ3) is 3.56. The molecule has 0 fully saturated rings. The summed E-state index contributed by atoms with van der Waals surface area (Å²) in [5, 5.41) is 9.85. The fourth-order valence-corrected chi connectivity index (χ4v) is 2.32. The van der Waals surface area contributed by atoms with Gasteiger partial charge in [0.2, 0.25) is 0 Å². The van der Waals surface area contributed by atoms with Crippen LogP contribution in [-0.2, 0) is 6.18 Å². The molecule has 2 aromatic carbocycles. The smallest absolute Gasteiger partial charge is 0.416 e. The van der Waals surface area contributed by atoms with Crippen LogP contribution in [-0.4, -0.2) is 15.4 Å². The second-order valence-corrected chi connectivity index (χ2v) is 5.27. The number of H-pyrrole nitrogens is 1. The number of alkyl halides is 3. The molecule has 4 nitrogen and oxygen atoms in total. The summed E-state index contributed by atoms with van der Waals surface area (Å²) in [5.74, 6) is 0.124. The molecule has 0 aliphatic rings. The topological polar surface area (TPSA) is 50.8 Å². The van der Waals surface area contributed by atoms with Crippen molar-refractivity contribution in [3.8, 4) is 17.0 Å². The summed E-state index contributed by atoms with van der Waals surface area (Å²) < 4.78 is 45.2. The van der Waals surface area contributed by atoms with Gasteiger partial charge in [0.05, 0.1) is 11.8 Å². The molecule has 1 aromatic heterocycles. The first-order valence-electron chi connectivity index (χ1n) is 7.23. The average molecular weight is 333 g/mol. The summed E-state index contributed by atoms with van der Waals surface area (Å²) in [5.41, 5.74) is 0.684. The quantitative estimate of drug-likeness (QED) is 0.757. The van der Waals surface area contributed by atoms with E-state index < -0.39 is 11.7 Å². The minimum atomic E-state index is -4.48. The Hall–Kier alpha value is -2.83. The second kappa shape index (κ2) is 6.35. The predicted octanol–water partition coefficient (Wildman–Crippen LogP) is 4.63. The third-order valence-electron chi connectivity index (χ3n) is 3.53. The standard InChI is InChI=1S/C17H14F3N3O/c1-11(12-5-3-2-4-6-12)24-15-8-13(16-10-21-23-22-16)7-14(9-15)17(18,19)20/h2-11H,1H3,(H,21,22,23). The van der Waals surface area contributed by atoms with Crippen LogP contribution in [0.25, 0.3) is 11.3 Å². The molecule has 7 heteroatoms. The third-order valence-corrected chi connectivity index (χ3v) is 3.53. The normalized spacial score (nSPS) is 12.8. The van der Waals surface area contributed by atoms with Gasteiger partial charge in [-0.05, 0) is 30.7 Å². The molecule has 0 spiro atoms. The number of nitrogens with zero attached hydrogens (tertiary/aromatic N) is 2. The highest BCUT2D eigenvalue weighted by atomic mass is 19.4. The maximum atomic E-state index is 13.2. The van der Waals surface area contributed by atoms with Crippen molar-refractivity contribution in [2.45, 2.75) is 19.2 Å². The Bertz CT molecular complexity index is 802. The van der Waals surface area contributed by atoms with E-state index in [0.29, 0.717) is 5.69 Å². The molecule has 0 saturated heterocycles. The monoisotopic (exact) mass is 333 g/mol. The van der Waals surface area contributed by atoms with Gasteiger partial charge in [0.1, 0.15) is 17.5 Å². The molecule has 1 unspecified atom stereocenters. The Morgan fingerprint density at radius 2 is 1.83 bits per heavy atom. The molecule has 0 amide bonds. The molecule has 124 valence electrons. The summed E-state index contributed by atoms with van der Waals surface area (Å²) in [6.07, 6.45) is -3.51. The Morgan fingerprint density at radius 1 is 1.08 bits per heavy atom. The van der Waals surface area contributed by atoms with E-state index in [9.17, 15) is 13.2 Å². The molecule has 1 atom stereocenters. The number of rotatable bonds is 4. The number of halogens is 3. The number of hydrogen-bond acceptors (Lipinski definition) is 3.